The van der Waals surface area contributed by atoms with Gasteiger partial charge in [0.1, 0.15) is 6.10 Å². The monoisotopic (exact) mass is 281 g/mol. The summed E-state index contributed by atoms with van der Waals surface area (Å²) in [6.45, 7) is 7.02. The highest BCUT2D eigenvalue weighted by Crippen LogP contribution is 2.38. The van der Waals surface area contributed by atoms with Gasteiger partial charge in [0.25, 0.3) is 0 Å². The van der Waals surface area contributed by atoms with E-state index in [-0.39, 0.29) is 15.6 Å². The predicted molar refractivity (Wildman–Crippen MR) is 70.2 cm³/mol. The van der Waals surface area contributed by atoms with Crippen LogP contribution in [-0.2, 0) is 21.0 Å². The van der Waals surface area contributed by atoms with Crippen molar-refractivity contribution in [2.75, 3.05) is 0 Å². The van der Waals surface area contributed by atoms with Crippen molar-refractivity contribution in [1.29, 1.82) is 0 Å². The molecule has 0 saturated heterocycles. The average molecular weight is 281 g/mol. The average Bonchev–Trinajstić information content (AvgIpc) is 2.35. The number of carbonyl (C=O) groups is 1. The number of hydrogen-bond donors (Lipinski definition) is 1. The zero-order valence-electron chi connectivity index (χ0n) is 10.8. The number of fused-ring (bicyclic) bond motifs is 1. The summed E-state index contributed by atoms with van der Waals surface area (Å²) >= 11 is 0. The summed E-state index contributed by atoms with van der Waals surface area (Å²) in [6.07, 6.45) is 0.164. The van der Waals surface area contributed by atoms with Crippen LogP contribution in [0, 0.1) is 0 Å². The number of aryl methyl sites for hydroxylation is 1. The largest absolute Gasteiger partial charge is 0.475 e. The summed E-state index contributed by atoms with van der Waals surface area (Å²) < 4.78 is 29.5. The van der Waals surface area contributed by atoms with E-state index in [2.05, 4.69) is 6.58 Å². The topological polar surface area (TPSA) is 86.5 Å². The van der Waals surface area contributed by atoms with E-state index in [4.69, 9.17) is 10.5 Å². The molecule has 1 unspecified atom stereocenters. The van der Waals surface area contributed by atoms with Gasteiger partial charge in [-0.25, -0.2) is 8.42 Å². The van der Waals surface area contributed by atoms with Crippen molar-refractivity contribution in [3.8, 4) is 0 Å². The number of carbonyl (C=O) groups excluding carboxylic acids is 1. The Labute approximate surface area is 112 Å². The Morgan fingerprint density at radius 1 is 1.47 bits per heavy atom. The second-order valence-corrected chi connectivity index (χ2v) is 6.30. The van der Waals surface area contributed by atoms with E-state index in [1.165, 1.54) is 6.07 Å². The molecule has 1 aliphatic heterocycles. The van der Waals surface area contributed by atoms with Crippen LogP contribution < -0.4 is 5.73 Å². The molecule has 2 N–H and O–H groups in total. The van der Waals surface area contributed by atoms with Crippen molar-refractivity contribution >= 4 is 15.7 Å². The first-order valence-electron chi connectivity index (χ1n) is 5.86. The Hall–Kier alpha value is -1.82. The number of amides is 1. The van der Waals surface area contributed by atoms with E-state index in [1.807, 2.05) is 6.92 Å². The fourth-order valence-electron chi connectivity index (χ4n) is 2.16. The Bertz CT molecular complexity index is 676. The van der Waals surface area contributed by atoms with E-state index in [1.54, 1.807) is 13.0 Å². The van der Waals surface area contributed by atoms with Gasteiger partial charge in [0, 0.05) is 11.1 Å². The summed E-state index contributed by atoms with van der Waals surface area (Å²) in [5.74, 6) is -0.639. The van der Waals surface area contributed by atoms with Gasteiger partial charge in [-0.1, -0.05) is 13.0 Å². The fraction of sp³-hybridized carbons (Fsp3) is 0.308. The van der Waals surface area contributed by atoms with E-state index in [0.29, 0.717) is 17.5 Å². The third kappa shape index (κ3) is 2.02. The predicted octanol–water partition coefficient (Wildman–Crippen LogP) is 1.68. The molecule has 19 heavy (non-hydrogen) atoms. The molecule has 0 fully saturated rings. The third-order valence-corrected chi connectivity index (χ3v) is 4.85. The van der Waals surface area contributed by atoms with Gasteiger partial charge in [-0.2, -0.15) is 0 Å². The van der Waals surface area contributed by atoms with Gasteiger partial charge in [-0.15, -0.1) is 0 Å². The minimum atomic E-state index is -3.76. The quantitative estimate of drug-likeness (QED) is 0.893. The molecule has 1 aromatic rings. The maximum absolute atomic E-state index is 12.1. The minimum absolute atomic E-state index is 0.0576. The Balaban J connectivity index is 2.81. The van der Waals surface area contributed by atoms with Crippen LogP contribution in [0.3, 0.4) is 0 Å². The fourth-order valence-corrected chi connectivity index (χ4v) is 3.49. The molecular weight excluding hydrogens is 266 g/mol. The zero-order valence-corrected chi connectivity index (χ0v) is 11.6. The van der Waals surface area contributed by atoms with E-state index < -0.39 is 21.8 Å². The lowest BCUT2D eigenvalue weighted by Crippen LogP contribution is -2.22. The van der Waals surface area contributed by atoms with Crippen molar-refractivity contribution < 1.29 is 17.9 Å². The molecule has 1 atom stereocenters. The molecule has 0 aliphatic carbocycles. The van der Waals surface area contributed by atoms with Gasteiger partial charge < -0.3 is 10.5 Å². The molecule has 0 aromatic heterocycles. The highest BCUT2D eigenvalue weighted by Gasteiger charge is 2.34. The number of primary amides is 1. The summed E-state index contributed by atoms with van der Waals surface area (Å²) in [5, 5.41) is -0.299. The van der Waals surface area contributed by atoms with Crippen molar-refractivity contribution in [3.63, 3.8) is 0 Å². The van der Waals surface area contributed by atoms with Crippen molar-refractivity contribution in [2.24, 2.45) is 5.73 Å². The van der Waals surface area contributed by atoms with Gasteiger partial charge in [0.2, 0.25) is 20.8 Å². The second kappa shape index (κ2) is 4.38. The third-order valence-electron chi connectivity index (χ3n) is 3.22. The Morgan fingerprint density at radius 3 is 2.63 bits per heavy atom. The molecule has 0 saturated carbocycles. The number of ether oxygens (including phenoxy) is 1. The molecule has 102 valence electrons. The van der Waals surface area contributed by atoms with Gasteiger partial charge in [0.15, 0.2) is 0 Å². The standard InChI is InChI=1S/C13H15NO4S/c1-4-9-5-10-7(2)18-8(3)19(16,17)12(10)6-11(9)13(14)15/h5-7H,3-4H2,1-2H3,(H2,14,15). The summed E-state index contributed by atoms with van der Waals surface area (Å²) in [4.78, 5) is 11.5. The lowest BCUT2D eigenvalue weighted by atomic mass is 9.99. The maximum Gasteiger partial charge on any atom is 0.249 e. The van der Waals surface area contributed by atoms with Crippen LogP contribution in [0.5, 0.6) is 0 Å². The number of rotatable bonds is 2. The highest BCUT2D eigenvalue weighted by atomic mass is 32.2. The molecule has 6 heteroatoms. The molecule has 1 amide bonds. The normalized spacial score (nSPS) is 20.5. The van der Waals surface area contributed by atoms with Gasteiger partial charge in [0.05, 0.1) is 4.90 Å². The van der Waals surface area contributed by atoms with Gasteiger partial charge >= 0.3 is 0 Å². The number of sulfone groups is 1. The highest BCUT2D eigenvalue weighted by molar-refractivity contribution is 7.95. The van der Waals surface area contributed by atoms with Crippen LogP contribution in [0.4, 0.5) is 0 Å². The summed E-state index contributed by atoms with van der Waals surface area (Å²) in [5.41, 5.74) is 6.77. The molecular formula is C13H15NO4S. The second-order valence-electron chi connectivity index (χ2n) is 4.40. The Kier molecular flexibility index (Phi) is 3.14. The summed E-state index contributed by atoms with van der Waals surface area (Å²) in [6, 6.07) is 3.00. The number of nitrogens with two attached hydrogens (primary N) is 1. The van der Waals surface area contributed by atoms with E-state index >= 15 is 0 Å². The van der Waals surface area contributed by atoms with Crippen LogP contribution in [0.25, 0.3) is 0 Å². The van der Waals surface area contributed by atoms with Crippen LogP contribution in [-0.4, -0.2) is 14.3 Å². The van der Waals surface area contributed by atoms with Crippen LogP contribution in [0.1, 0.15) is 41.4 Å². The van der Waals surface area contributed by atoms with Gasteiger partial charge in [-0.3, -0.25) is 4.79 Å². The number of hydrogen-bond acceptors (Lipinski definition) is 4. The lowest BCUT2D eigenvalue weighted by molar-refractivity contribution is 0.0998. The molecule has 1 aromatic carbocycles. The van der Waals surface area contributed by atoms with E-state index in [0.717, 1.165) is 0 Å². The van der Waals surface area contributed by atoms with Crippen molar-refractivity contribution in [3.05, 3.63) is 40.5 Å². The first-order valence-corrected chi connectivity index (χ1v) is 7.34. The Morgan fingerprint density at radius 2 is 2.11 bits per heavy atom. The molecule has 0 radical (unpaired) electrons. The van der Waals surface area contributed by atoms with Crippen LogP contribution in [0.15, 0.2) is 28.7 Å². The molecule has 1 heterocycles. The molecule has 2 rings (SSSR count). The van der Waals surface area contributed by atoms with Crippen LogP contribution in [0.2, 0.25) is 0 Å². The first-order chi connectivity index (χ1) is 8.78. The van der Waals surface area contributed by atoms with Crippen molar-refractivity contribution in [2.45, 2.75) is 31.3 Å². The zero-order chi connectivity index (χ0) is 14.4. The molecule has 5 nitrogen and oxygen atoms in total. The SMILES string of the molecule is C=C1OC(C)c2cc(CC)c(C(N)=O)cc2S1(=O)=O. The van der Waals surface area contributed by atoms with E-state index in [9.17, 15) is 13.2 Å². The minimum Gasteiger partial charge on any atom is -0.475 e. The number of benzene rings is 1. The first kappa shape index (κ1) is 13.6. The molecule has 1 aliphatic rings. The molecule has 0 bridgehead atoms. The lowest BCUT2D eigenvalue weighted by Gasteiger charge is -2.26. The smallest absolute Gasteiger partial charge is 0.249 e. The molecule has 0 spiro atoms. The maximum atomic E-state index is 12.1. The van der Waals surface area contributed by atoms with Crippen LogP contribution >= 0.6 is 0 Å². The summed E-state index contributed by atoms with van der Waals surface area (Å²) in [7, 11) is -3.76. The van der Waals surface area contributed by atoms with Gasteiger partial charge in [-0.05, 0) is 31.6 Å². The van der Waals surface area contributed by atoms with Crippen molar-refractivity contribution in [1.82, 2.24) is 0 Å².